The van der Waals surface area contributed by atoms with Gasteiger partial charge < -0.3 is 0 Å². The third kappa shape index (κ3) is 4.03. The zero-order valence-corrected chi connectivity index (χ0v) is 10.6. The molecule has 1 aromatic heterocycles. The van der Waals surface area contributed by atoms with Gasteiger partial charge in [0, 0.05) is 12.6 Å². The van der Waals surface area contributed by atoms with Crippen molar-refractivity contribution in [1.29, 1.82) is 0 Å². The molecule has 74 valence electrons. The summed E-state index contributed by atoms with van der Waals surface area (Å²) >= 11 is 11.0. The first kappa shape index (κ1) is 11.6. The molecule has 0 N–H and O–H groups in total. The largest absolute Gasteiger partial charge is 0.289 e. The fraction of sp³-hybridized carbons (Fsp3) is 0.500. The van der Waals surface area contributed by atoms with Crippen molar-refractivity contribution in [3.63, 3.8) is 0 Å². The van der Waals surface area contributed by atoms with Gasteiger partial charge in [-0.2, -0.15) is 0 Å². The minimum Gasteiger partial charge on any atom is -0.289 e. The fourth-order valence-electron chi connectivity index (χ4n) is 1.15. The minimum absolute atomic E-state index is 0.235. The smallest absolute Gasteiger partial charge is 0.253 e. The lowest BCUT2D eigenvalue weighted by Crippen LogP contribution is -1.86. The summed E-state index contributed by atoms with van der Waals surface area (Å²) < 4.78 is 11.1. The van der Waals surface area contributed by atoms with Gasteiger partial charge in [0.05, 0.1) is 0 Å². The van der Waals surface area contributed by atoms with Crippen LogP contribution in [0.3, 0.4) is 0 Å². The molecule has 0 fully saturated rings. The van der Waals surface area contributed by atoms with Gasteiger partial charge in [0.2, 0.25) is 0 Å². The van der Waals surface area contributed by atoms with Crippen LogP contribution in [-0.4, -0.2) is 6.16 Å². The molecule has 1 heterocycles. The van der Waals surface area contributed by atoms with E-state index in [2.05, 4.69) is 24.4 Å². The predicted octanol–water partition coefficient (Wildman–Crippen LogP) is 4.67. The molecule has 5 heteroatoms. The van der Waals surface area contributed by atoms with E-state index in [1.54, 1.807) is 0 Å². The van der Waals surface area contributed by atoms with Crippen LogP contribution in [0.5, 0.6) is 0 Å². The Morgan fingerprint density at radius 2 is 2.23 bits per heavy atom. The molecule has 0 amide bonds. The third-order valence-electron chi connectivity index (χ3n) is 1.79. The van der Waals surface area contributed by atoms with Crippen molar-refractivity contribution in [2.24, 2.45) is 0 Å². The van der Waals surface area contributed by atoms with Crippen molar-refractivity contribution >= 4 is 38.8 Å². The molecule has 0 saturated heterocycles. The maximum absolute atomic E-state index is 11.1. The van der Waals surface area contributed by atoms with Crippen molar-refractivity contribution in [2.45, 2.75) is 19.1 Å². The molecular weight excluding hydrogens is 246 g/mol. The van der Waals surface area contributed by atoms with Crippen LogP contribution in [0.4, 0.5) is 0 Å². The van der Waals surface area contributed by atoms with Crippen LogP contribution >= 0.6 is 38.8 Å². The molecule has 0 spiro atoms. The molecule has 1 atom stereocenters. The summed E-state index contributed by atoms with van der Waals surface area (Å²) in [5.41, 5.74) is 0. The van der Waals surface area contributed by atoms with Crippen LogP contribution in [0, 0.1) is 0 Å². The monoisotopic (exact) mass is 257 g/mol. The number of thiophene rings is 1. The average Bonchev–Trinajstić information content (AvgIpc) is 2.46. The molecule has 0 aliphatic rings. The maximum atomic E-state index is 11.1. The molecule has 1 unspecified atom stereocenters. The standard InChI is InChI=1S/C8H12Cl2OPS/c1-2-13-7-3-4-8(13)5-6-12(9,10)11/h3-4,7H,2,5-6H2,1H3/q+1. The van der Waals surface area contributed by atoms with Gasteiger partial charge in [-0.15, -0.1) is 0 Å². The molecule has 1 rings (SSSR count). The molecule has 0 radical (unpaired) electrons. The van der Waals surface area contributed by atoms with Crippen LogP contribution < -0.4 is 0 Å². The second-order valence-corrected chi connectivity index (χ2v) is 10.3. The van der Waals surface area contributed by atoms with E-state index in [1.807, 2.05) is 0 Å². The molecular formula is C8H12Cl2OPS+. The number of hydrogen-bond acceptors (Lipinski definition) is 1. The van der Waals surface area contributed by atoms with E-state index >= 15 is 0 Å². The highest BCUT2D eigenvalue weighted by atomic mass is 35.9. The van der Waals surface area contributed by atoms with Crippen LogP contribution in [0.1, 0.15) is 11.8 Å². The van der Waals surface area contributed by atoms with Gasteiger partial charge in [-0.1, -0.05) is 0 Å². The highest BCUT2D eigenvalue weighted by molar-refractivity contribution is 8.08. The van der Waals surface area contributed by atoms with Crippen LogP contribution in [0.25, 0.3) is 0 Å². The highest BCUT2D eigenvalue weighted by Crippen LogP contribution is 2.56. The summed E-state index contributed by atoms with van der Waals surface area (Å²) in [4.78, 5) is 1.32. The first-order valence-electron chi connectivity index (χ1n) is 4.08. The van der Waals surface area contributed by atoms with E-state index in [4.69, 9.17) is 22.5 Å². The number of rotatable bonds is 4. The van der Waals surface area contributed by atoms with E-state index in [-0.39, 0.29) is 10.5 Å². The Morgan fingerprint density at radius 1 is 1.54 bits per heavy atom. The van der Waals surface area contributed by atoms with E-state index in [0.717, 1.165) is 12.2 Å². The average molecular weight is 258 g/mol. The van der Waals surface area contributed by atoms with E-state index in [9.17, 15) is 4.57 Å². The van der Waals surface area contributed by atoms with Gasteiger partial charge in [-0.05, 0) is 52.0 Å². The van der Waals surface area contributed by atoms with Crippen molar-refractivity contribution in [3.8, 4) is 0 Å². The van der Waals surface area contributed by atoms with E-state index in [0.29, 0.717) is 6.16 Å². The van der Waals surface area contributed by atoms with Gasteiger partial charge in [-0.3, -0.25) is 4.57 Å². The Kier molecular flexibility index (Phi) is 4.31. The van der Waals surface area contributed by atoms with Gasteiger partial charge in [0.1, 0.15) is 11.1 Å². The van der Waals surface area contributed by atoms with E-state index in [1.165, 1.54) is 4.88 Å². The molecule has 13 heavy (non-hydrogen) atoms. The molecule has 0 aliphatic heterocycles. The zero-order chi connectivity index (χ0) is 9.90. The molecule has 1 nitrogen and oxygen atoms in total. The van der Waals surface area contributed by atoms with Crippen molar-refractivity contribution in [3.05, 3.63) is 22.4 Å². The quantitative estimate of drug-likeness (QED) is 0.566. The van der Waals surface area contributed by atoms with Gasteiger partial charge in [0.25, 0.3) is 5.85 Å². The first-order chi connectivity index (χ1) is 6.03. The third-order valence-corrected chi connectivity index (χ3v) is 5.67. The second kappa shape index (κ2) is 4.84. The lowest BCUT2D eigenvalue weighted by molar-refractivity contribution is 0.592. The Bertz CT molecular complexity index is 318. The highest BCUT2D eigenvalue weighted by Gasteiger charge is 2.18. The van der Waals surface area contributed by atoms with Crippen LogP contribution in [0.15, 0.2) is 17.5 Å². The molecule has 0 aliphatic carbocycles. The Morgan fingerprint density at radius 3 is 2.77 bits per heavy atom. The molecule has 0 bridgehead atoms. The van der Waals surface area contributed by atoms with Crippen molar-refractivity contribution in [2.75, 3.05) is 6.16 Å². The van der Waals surface area contributed by atoms with Gasteiger partial charge in [0.15, 0.2) is 4.88 Å². The van der Waals surface area contributed by atoms with Crippen LogP contribution in [0.2, 0.25) is 0 Å². The predicted molar refractivity (Wildman–Crippen MR) is 62.5 cm³/mol. The zero-order valence-electron chi connectivity index (χ0n) is 7.37. The SMILES string of the molecule is CC[s+]1cccc1CCP(=O)(Cl)Cl. The van der Waals surface area contributed by atoms with Crippen LogP contribution in [-0.2, 0) is 16.7 Å². The Hall–Kier alpha value is 0.510. The number of aryl methyl sites for hydroxylation is 2. The summed E-state index contributed by atoms with van der Waals surface area (Å²) in [7, 11) is 0.235. The summed E-state index contributed by atoms with van der Waals surface area (Å²) in [6.45, 7) is 2.15. The van der Waals surface area contributed by atoms with Crippen molar-refractivity contribution < 1.29 is 4.57 Å². The topological polar surface area (TPSA) is 17.1 Å². The minimum atomic E-state index is -2.87. The van der Waals surface area contributed by atoms with Gasteiger partial charge >= 0.3 is 0 Å². The summed E-state index contributed by atoms with van der Waals surface area (Å²) in [5.74, 6) is -1.77. The summed E-state index contributed by atoms with van der Waals surface area (Å²) in [6.07, 6.45) is 1.15. The summed E-state index contributed by atoms with van der Waals surface area (Å²) in [5, 5.41) is 2.18. The second-order valence-electron chi connectivity index (χ2n) is 2.72. The molecule has 1 aromatic rings. The normalized spacial score (nSPS) is 13.3. The molecule has 0 aromatic carbocycles. The fourth-order valence-corrected chi connectivity index (χ4v) is 3.94. The lowest BCUT2D eigenvalue weighted by atomic mass is 10.4. The van der Waals surface area contributed by atoms with Gasteiger partial charge in [-0.25, -0.2) is 0 Å². The number of hydrogen-bond donors (Lipinski definition) is 0. The Balaban J connectivity index is 2.59. The van der Waals surface area contributed by atoms with Crippen molar-refractivity contribution in [1.82, 2.24) is 0 Å². The Labute approximate surface area is 91.0 Å². The maximum Gasteiger partial charge on any atom is 0.253 e. The number of halogens is 2. The first-order valence-corrected chi connectivity index (χ1v) is 9.24. The lowest BCUT2D eigenvalue weighted by Gasteiger charge is -1.97. The van der Waals surface area contributed by atoms with E-state index < -0.39 is 5.85 Å². The molecule has 0 saturated carbocycles. The summed E-state index contributed by atoms with van der Waals surface area (Å²) in [6, 6.07) is 4.13.